The number of carbonyl (C=O) groups excluding carboxylic acids is 1. The van der Waals surface area contributed by atoms with Crippen LogP contribution in [0.5, 0.6) is 0 Å². The zero-order valence-corrected chi connectivity index (χ0v) is 18.5. The molecule has 0 bridgehead atoms. The van der Waals surface area contributed by atoms with Gasteiger partial charge in [-0.3, -0.25) is 9.79 Å². The smallest absolute Gasteiger partial charge is 0.289 e. The van der Waals surface area contributed by atoms with Gasteiger partial charge in [-0.2, -0.15) is 0 Å². The summed E-state index contributed by atoms with van der Waals surface area (Å²) < 4.78 is 11.3. The minimum Gasteiger partial charge on any atom is -0.459 e. The van der Waals surface area contributed by atoms with Crippen LogP contribution in [-0.4, -0.2) is 73.6 Å². The molecule has 0 spiro atoms. The Labute approximate surface area is 180 Å². The van der Waals surface area contributed by atoms with E-state index in [4.69, 9.17) is 14.1 Å². The predicted octanol–water partition coefficient (Wildman–Crippen LogP) is 3.52. The number of unbranched alkanes of at least 4 members (excludes halogenated alkanes) is 1. The van der Waals surface area contributed by atoms with Crippen molar-refractivity contribution in [2.24, 2.45) is 4.99 Å². The summed E-state index contributed by atoms with van der Waals surface area (Å²) in [4.78, 5) is 21.3. The molecular weight excluding hydrogens is 380 g/mol. The molecule has 1 aromatic rings. The van der Waals surface area contributed by atoms with Gasteiger partial charge in [0.25, 0.3) is 5.91 Å². The maximum Gasteiger partial charge on any atom is 0.289 e. The summed E-state index contributed by atoms with van der Waals surface area (Å²) in [5, 5.41) is 3.40. The summed E-state index contributed by atoms with van der Waals surface area (Å²) in [6.45, 7) is 7.51. The molecule has 1 aromatic heterocycles. The lowest BCUT2D eigenvalue weighted by molar-refractivity contribution is 0.0412. The van der Waals surface area contributed by atoms with Gasteiger partial charge >= 0.3 is 0 Å². The lowest BCUT2D eigenvalue weighted by Crippen LogP contribution is -2.53. The maximum atomic E-state index is 12.4. The van der Waals surface area contributed by atoms with Crippen LogP contribution in [0, 0.1) is 0 Å². The Hall–Kier alpha value is -2.02. The van der Waals surface area contributed by atoms with E-state index in [0.717, 1.165) is 51.6 Å². The number of furan rings is 1. The quantitative estimate of drug-likeness (QED) is 0.303. The normalized spacial score (nSPS) is 19.0. The standard InChI is InChI=1S/C23H38N4O3/c1-2-24-23(25-13-7-8-18-29-20-10-5-3-4-6-11-20)27-16-14-26(15-17-27)22(28)21-12-9-19-30-21/h9,12,19-20H,2-8,10-11,13-18H2,1H3,(H,24,25). The minimum absolute atomic E-state index is 0.0322. The lowest BCUT2D eigenvalue weighted by atomic mass is 10.1. The molecule has 2 fully saturated rings. The first-order valence-electron chi connectivity index (χ1n) is 11.8. The molecule has 1 N–H and O–H groups in total. The molecule has 1 aliphatic heterocycles. The van der Waals surface area contributed by atoms with E-state index in [0.29, 0.717) is 25.0 Å². The SMILES string of the molecule is CCNC(=NCCCCOC1CCCCCC1)N1CCN(C(=O)c2ccco2)CC1. The number of nitrogens with one attached hydrogen (secondary N) is 1. The fraction of sp³-hybridized carbons (Fsp3) is 0.739. The number of amides is 1. The van der Waals surface area contributed by atoms with E-state index in [2.05, 4.69) is 17.1 Å². The predicted molar refractivity (Wildman–Crippen MR) is 119 cm³/mol. The van der Waals surface area contributed by atoms with Crippen molar-refractivity contribution in [2.45, 2.75) is 64.4 Å². The average Bonchev–Trinajstić information content (AvgIpc) is 3.19. The molecule has 1 saturated heterocycles. The number of nitrogens with zero attached hydrogens (tertiary/aromatic N) is 3. The molecule has 2 heterocycles. The average molecular weight is 419 g/mol. The topological polar surface area (TPSA) is 70.3 Å². The van der Waals surface area contributed by atoms with Crippen LogP contribution < -0.4 is 5.32 Å². The second-order valence-electron chi connectivity index (χ2n) is 8.18. The van der Waals surface area contributed by atoms with Crippen LogP contribution >= 0.6 is 0 Å². The molecule has 0 unspecified atom stereocenters. The van der Waals surface area contributed by atoms with Crippen LogP contribution in [0.2, 0.25) is 0 Å². The van der Waals surface area contributed by atoms with E-state index in [1.807, 2.05) is 4.90 Å². The van der Waals surface area contributed by atoms with Crippen molar-refractivity contribution in [3.8, 4) is 0 Å². The fourth-order valence-corrected chi connectivity index (χ4v) is 4.16. The Kier molecular flexibility index (Phi) is 9.54. The van der Waals surface area contributed by atoms with E-state index < -0.39 is 0 Å². The van der Waals surface area contributed by atoms with Crippen LogP contribution in [0.15, 0.2) is 27.8 Å². The van der Waals surface area contributed by atoms with Gasteiger partial charge in [-0.25, -0.2) is 0 Å². The molecule has 168 valence electrons. The number of rotatable bonds is 8. The van der Waals surface area contributed by atoms with Gasteiger partial charge in [0.15, 0.2) is 11.7 Å². The Morgan fingerprint density at radius 1 is 1.13 bits per heavy atom. The third kappa shape index (κ3) is 7.04. The Balaban J connectivity index is 1.36. The van der Waals surface area contributed by atoms with E-state index in [1.54, 1.807) is 18.4 Å². The Morgan fingerprint density at radius 3 is 2.53 bits per heavy atom. The highest BCUT2D eigenvalue weighted by molar-refractivity contribution is 5.91. The van der Waals surface area contributed by atoms with Gasteiger partial charge in [0.1, 0.15) is 0 Å². The van der Waals surface area contributed by atoms with E-state index in [-0.39, 0.29) is 5.91 Å². The van der Waals surface area contributed by atoms with Crippen LogP contribution in [0.25, 0.3) is 0 Å². The first kappa shape index (κ1) is 22.7. The van der Waals surface area contributed by atoms with Crippen molar-refractivity contribution in [1.82, 2.24) is 15.1 Å². The van der Waals surface area contributed by atoms with Gasteiger partial charge in [-0.1, -0.05) is 25.7 Å². The second kappa shape index (κ2) is 12.6. The van der Waals surface area contributed by atoms with Crippen LogP contribution in [0.4, 0.5) is 0 Å². The zero-order valence-electron chi connectivity index (χ0n) is 18.5. The Bertz CT molecular complexity index is 631. The molecule has 0 aromatic carbocycles. The van der Waals surface area contributed by atoms with Gasteiger partial charge in [-0.05, 0) is 44.7 Å². The number of hydrogen-bond acceptors (Lipinski definition) is 4. The van der Waals surface area contributed by atoms with Gasteiger partial charge in [0.05, 0.1) is 12.4 Å². The molecule has 2 aliphatic rings. The second-order valence-corrected chi connectivity index (χ2v) is 8.18. The molecule has 1 saturated carbocycles. The van der Waals surface area contributed by atoms with Gasteiger partial charge in [0, 0.05) is 45.9 Å². The molecular formula is C23H38N4O3. The summed E-state index contributed by atoms with van der Waals surface area (Å²) in [6.07, 6.45) is 12.0. The number of guanidine groups is 1. The number of hydrogen-bond donors (Lipinski definition) is 1. The number of aliphatic imine (C=N–C) groups is 1. The van der Waals surface area contributed by atoms with E-state index in [9.17, 15) is 4.79 Å². The fourth-order valence-electron chi connectivity index (χ4n) is 4.16. The Morgan fingerprint density at radius 2 is 1.87 bits per heavy atom. The first-order chi connectivity index (χ1) is 14.8. The largest absolute Gasteiger partial charge is 0.459 e. The molecule has 7 nitrogen and oxygen atoms in total. The van der Waals surface area contributed by atoms with Crippen molar-refractivity contribution in [3.63, 3.8) is 0 Å². The monoisotopic (exact) mass is 418 g/mol. The minimum atomic E-state index is -0.0322. The first-order valence-corrected chi connectivity index (χ1v) is 11.8. The van der Waals surface area contributed by atoms with E-state index >= 15 is 0 Å². The summed E-state index contributed by atoms with van der Waals surface area (Å²) in [5.41, 5.74) is 0. The van der Waals surface area contributed by atoms with Crippen molar-refractivity contribution >= 4 is 11.9 Å². The summed E-state index contributed by atoms with van der Waals surface area (Å²) in [5.74, 6) is 1.33. The highest BCUT2D eigenvalue weighted by Crippen LogP contribution is 2.20. The molecule has 3 rings (SSSR count). The molecule has 1 aliphatic carbocycles. The summed E-state index contributed by atoms with van der Waals surface area (Å²) in [6, 6.07) is 3.47. The molecule has 0 atom stereocenters. The van der Waals surface area contributed by atoms with Crippen molar-refractivity contribution < 1.29 is 13.9 Å². The van der Waals surface area contributed by atoms with Gasteiger partial charge < -0.3 is 24.3 Å². The number of ether oxygens (including phenoxy) is 1. The van der Waals surface area contributed by atoms with Crippen molar-refractivity contribution in [3.05, 3.63) is 24.2 Å². The number of piperazine rings is 1. The zero-order chi connectivity index (χ0) is 21.0. The van der Waals surface area contributed by atoms with Crippen molar-refractivity contribution in [1.29, 1.82) is 0 Å². The number of carbonyl (C=O) groups is 1. The maximum absolute atomic E-state index is 12.4. The highest BCUT2D eigenvalue weighted by atomic mass is 16.5. The third-order valence-corrected chi connectivity index (χ3v) is 5.90. The van der Waals surface area contributed by atoms with Gasteiger partial charge in [0.2, 0.25) is 0 Å². The third-order valence-electron chi connectivity index (χ3n) is 5.90. The van der Waals surface area contributed by atoms with Crippen molar-refractivity contribution in [2.75, 3.05) is 45.9 Å². The highest BCUT2D eigenvalue weighted by Gasteiger charge is 2.25. The molecule has 30 heavy (non-hydrogen) atoms. The lowest BCUT2D eigenvalue weighted by Gasteiger charge is -2.36. The van der Waals surface area contributed by atoms with Crippen LogP contribution in [0.3, 0.4) is 0 Å². The van der Waals surface area contributed by atoms with Crippen LogP contribution in [-0.2, 0) is 4.74 Å². The summed E-state index contributed by atoms with van der Waals surface area (Å²) >= 11 is 0. The summed E-state index contributed by atoms with van der Waals surface area (Å²) in [7, 11) is 0. The van der Waals surface area contributed by atoms with Crippen LogP contribution in [0.1, 0.15) is 68.8 Å². The molecule has 7 heteroatoms. The molecule has 0 radical (unpaired) electrons. The van der Waals surface area contributed by atoms with E-state index in [1.165, 1.54) is 38.5 Å². The molecule has 1 amide bonds. The van der Waals surface area contributed by atoms with Gasteiger partial charge in [-0.15, -0.1) is 0 Å².